The molecule has 7 heteroatoms. The van der Waals surface area contributed by atoms with E-state index in [0.29, 0.717) is 11.4 Å². The van der Waals surface area contributed by atoms with E-state index in [4.69, 9.17) is 17.3 Å². The van der Waals surface area contributed by atoms with Gasteiger partial charge in [-0.2, -0.15) is 0 Å². The van der Waals surface area contributed by atoms with Crippen molar-refractivity contribution in [3.63, 3.8) is 0 Å². The maximum atomic E-state index is 11.7. The molecular weight excluding hydrogens is 302 g/mol. The molecule has 0 radical (unpaired) electrons. The highest BCUT2D eigenvalue weighted by Gasteiger charge is 2.20. The molecule has 0 unspecified atom stereocenters. The van der Waals surface area contributed by atoms with Gasteiger partial charge in [-0.1, -0.05) is 6.07 Å². The molecule has 2 aromatic rings. The van der Waals surface area contributed by atoms with Crippen LogP contribution in [0.3, 0.4) is 0 Å². The summed E-state index contributed by atoms with van der Waals surface area (Å²) in [4.78, 5) is 22.8. The number of nitrogens with zero attached hydrogens (tertiary/aromatic N) is 1. The topological polar surface area (TPSA) is 83.4 Å². The van der Waals surface area contributed by atoms with Gasteiger partial charge in [0, 0.05) is 17.6 Å². The lowest BCUT2D eigenvalue weighted by molar-refractivity contribution is -0.115. The van der Waals surface area contributed by atoms with Gasteiger partial charge in [0.05, 0.1) is 5.56 Å². The van der Waals surface area contributed by atoms with E-state index in [9.17, 15) is 9.59 Å². The Morgan fingerprint density at radius 1 is 1.23 bits per heavy atom. The zero-order chi connectivity index (χ0) is 15.7. The first-order chi connectivity index (χ1) is 10.5. The van der Waals surface area contributed by atoms with Gasteiger partial charge in [-0.3, -0.25) is 10.1 Å². The van der Waals surface area contributed by atoms with Gasteiger partial charge in [0.15, 0.2) is 5.11 Å². The first-order valence-electron chi connectivity index (χ1n) is 6.40. The van der Waals surface area contributed by atoms with E-state index in [1.165, 1.54) is 6.07 Å². The van der Waals surface area contributed by atoms with Crippen LogP contribution in [-0.2, 0) is 4.79 Å². The summed E-state index contributed by atoms with van der Waals surface area (Å²) in [5.41, 5.74) is 1.96. The number of carboxylic acid groups (broad SMARTS) is 1. The van der Waals surface area contributed by atoms with Crippen molar-refractivity contribution in [1.82, 2.24) is 15.2 Å². The van der Waals surface area contributed by atoms with Crippen LogP contribution in [0.25, 0.3) is 11.8 Å². The van der Waals surface area contributed by atoms with Crippen LogP contribution in [-0.4, -0.2) is 26.7 Å². The molecule has 1 fully saturated rings. The molecule has 1 aliphatic rings. The molecule has 2 heterocycles. The first-order valence-corrected chi connectivity index (χ1v) is 6.80. The fraction of sp³-hybridized carbons (Fsp3) is 0. The lowest BCUT2D eigenvalue weighted by atomic mass is 10.2. The number of aromatic nitrogens is 1. The fourth-order valence-electron chi connectivity index (χ4n) is 2.17. The third kappa shape index (κ3) is 2.61. The molecule has 22 heavy (non-hydrogen) atoms. The van der Waals surface area contributed by atoms with Crippen molar-refractivity contribution >= 4 is 35.3 Å². The number of thiocarbonyl (C=S) groups is 1. The normalized spacial score (nSPS) is 15.7. The second-order valence-corrected chi connectivity index (χ2v) is 5.03. The van der Waals surface area contributed by atoms with Crippen LogP contribution in [0, 0.1) is 0 Å². The number of carboxylic acids is 1. The third-order valence-electron chi connectivity index (χ3n) is 3.16. The predicted octanol–water partition coefficient (Wildman–Crippen LogP) is 1.52. The number of aromatic carboxylic acids is 1. The first kappa shape index (κ1) is 14.0. The molecule has 0 spiro atoms. The highest BCUT2D eigenvalue weighted by molar-refractivity contribution is 7.80. The van der Waals surface area contributed by atoms with Gasteiger partial charge in [0.1, 0.15) is 5.70 Å². The van der Waals surface area contributed by atoms with Crippen molar-refractivity contribution in [3.05, 3.63) is 59.5 Å². The Kier molecular flexibility index (Phi) is 3.48. The monoisotopic (exact) mass is 313 g/mol. The second-order valence-electron chi connectivity index (χ2n) is 4.62. The van der Waals surface area contributed by atoms with Gasteiger partial charge in [-0.15, -0.1) is 0 Å². The van der Waals surface area contributed by atoms with Crippen LogP contribution >= 0.6 is 12.2 Å². The Labute approximate surface area is 131 Å². The number of nitrogens with one attached hydrogen (secondary N) is 2. The van der Waals surface area contributed by atoms with E-state index < -0.39 is 5.97 Å². The number of hydrogen-bond donors (Lipinski definition) is 3. The number of hydrogen-bond acceptors (Lipinski definition) is 3. The van der Waals surface area contributed by atoms with Crippen molar-refractivity contribution < 1.29 is 14.7 Å². The molecule has 0 bridgehead atoms. The standard InChI is InChI=1S/C15H11N3O3S/c19-13-12(16-15(22)17-13)8-11-5-2-6-18(11)10-4-1-3-9(7-10)14(20)21/h1-8H,(H,20,21)(H2,16,17,19,22)/b12-8+. The van der Waals surface area contributed by atoms with Crippen molar-refractivity contribution in [2.75, 3.05) is 0 Å². The molecule has 0 saturated carbocycles. The summed E-state index contributed by atoms with van der Waals surface area (Å²) in [5, 5.41) is 14.6. The van der Waals surface area contributed by atoms with Crippen LogP contribution in [0.1, 0.15) is 16.1 Å². The van der Waals surface area contributed by atoms with Crippen molar-refractivity contribution in [2.45, 2.75) is 0 Å². The van der Waals surface area contributed by atoms with Gasteiger partial charge in [-0.05, 0) is 48.6 Å². The molecule has 6 nitrogen and oxygen atoms in total. The molecule has 1 aromatic carbocycles. The molecule has 0 atom stereocenters. The van der Waals surface area contributed by atoms with Crippen LogP contribution < -0.4 is 10.6 Å². The van der Waals surface area contributed by atoms with Gasteiger partial charge in [0.2, 0.25) is 0 Å². The molecule has 1 saturated heterocycles. The fourth-order valence-corrected chi connectivity index (χ4v) is 2.37. The molecule has 1 aliphatic heterocycles. The Morgan fingerprint density at radius 3 is 2.73 bits per heavy atom. The van der Waals surface area contributed by atoms with Crippen LogP contribution in [0.5, 0.6) is 0 Å². The lowest BCUT2D eigenvalue weighted by Crippen LogP contribution is -2.21. The van der Waals surface area contributed by atoms with Gasteiger partial charge < -0.3 is 15.0 Å². The zero-order valence-electron chi connectivity index (χ0n) is 11.2. The lowest BCUT2D eigenvalue weighted by Gasteiger charge is -2.08. The van der Waals surface area contributed by atoms with Crippen molar-refractivity contribution in [1.29, 1.82) is 0 Å². The number of amides is 1. The summed E-state index contributed by atoms with van der Waals surface area (Å²) < 4.78 is 1.79. The van der Waals surface area contributed by atoms with Gasteiger partial charge in [0.25, 0.3) is 5.91 Å². The number of carbonyl (C=O) groups excluding carboxylic acids is 1. The Morgan fingerprint density at radius 2 is 2.05 bits per heavy atom. The Hall–Kier alpha value is -2.93. The second kappa shape index (κ2) is 5.45. The van der Waals surface area contributed by atoms with Gasteiger partial charge >= 0.3 is 5.97 Å². The Balaban J connectivity index is 2.01. The minimum Gasteiger partial charge on any atom is -0.478 e. The molecule has 0 aliphatic carbocycles. The predicted molar refractivity (Wildman–Crippen MR) is 84.6 cm³/mol. The minimum atomic E-state index is -0.990. The quantitative estimate of drug-likeness (QED) is 0.591. The average Bonchev–Trinajstić information content (AvgIpc) is 3.06. The minimum absolute atomic E-state index is 0.197. The molecule has 3 N–H and O–H groups in total. The van der Waals surface area contributed by atoms with E-state index in [0.717, 1.165) is 5.69 Å². The summed E-state index contributed by atoms with van der Waals surface area (Å²) in [6.07, 6.45) is 3.45. The highest BCUT2D eigenvalue weighted by Crippen LogP contribution is 2.17. The van der Waals surface area contributed by atoms with E-state index in [-0.39, 0.29) is 16.6 Å². The van der Waals surface area contributed by atoms with E-state index >= 15 is 0 Å². The summed E-state index contributed by atoms with van der Waals surface area (Å²) in [6, 6.07) is 10.2. The van der Waals surface area contributed by atoms with Crippen molar-refractivity contribution in [2.24, 2.45) is 0 Å². The number of benzene rings is 1. The average molecular weight is 313 g/mol. The van der Waals surface area contributed by atoms with E-state index in [2.05, 4.69) is 10.6 Å². The summed E-state index contributed by atoms with van der Waals surface area (Å²) in [6.45, 7) is 0. The third-order valence-corrected chi connectivity index (χ3v) is 3.37. The highest BCUT2D eigenvalue weighted by atomic mass is 32.1. The smallest absolute Gasteiger partial charge is 0.335 e. The molecule has 1 amide bonds. The molecule has 110 valence electrons. The molecule has 3 rings (SSSR count). The Bertz CT molecular complexity index is 823. The van der Waals surface area contributed by atoms with Crippen LogP contribution in [0.2, 0.25) is 0 Å². The largest absolute Gasteiger partial charge is 0.478 e. The SMILES string of the molecule is O=C1NC(=S)N/C1=C/c1cccn1-c1cccc(C(=O)O)c1. The maximum absolute atomic E-state index is 11.7. The molecular formula is C15H11N3O3S. The van der Waals surface area contributed by atoms with E-state index in [1.807, 2.05) is 12.1 Å². The van der Waals surface area contributed by atoms with E-state index in [1.54, 1.807) is 35.0 Å². The zero-order valence-corrected chi connectivity index (χ0v) is 12.1. The number of rotatable bonds is 3. The maximum Gasteiger partial charge on any atom is 0.335 e. The summed E-state index contributed by atoms with van der Waals surface area (Å²) in [5.74, 6) is -1.28. The van der Waals surface area contributed by atoms with Gasteiger partial charge in [-0.25, -0.2) is 4.79 Å². The number of carbonyl (C=O) groups is 2. The van der Waals surface area contributed by atoms with Crippen LogP contribution in [0.15, 0.2) is 48.3 Å². The summed E-state index contributed by atoms with van der Waals surface area (Å²) in [7, 11) is 0. The summed E-state index contributed by atoms with van der Waals surface area (Å²) >= 11 is 4.88. The van der Waals surface area contributed by atoms with Crippen molar-refractivity contribution in [3.8, 4) is 5.69 Å². The molecule has 1 aromatic heterocycles. The van der Waals surface area contributed by atoms with Crippen LogP contribution in [0.4, 0.5) is 0 Å².